The molecule has 1 aromatic rings. The fourth-order valence-corrected chi connectivity index (χ4v) is 3.59. The van der Waals surface area contributed by atoms with E-state index in [-0.39, 0.29) is 18.3 Å². The molecule has 0 saturated carbocycles. The van der Waals surface area contributed by atoms with E-state index in [0.717, 1.165) is 41.8 Å². The highest BCUT2D eigenvalue weighted by Gasteiger charge is 2.22. The van der Waals surface area contributed by atoms with Crippen LogP contribution in [0, 0.1) is 0 Å². The van der Waals surface area contributed by atoms with Crippen molar-refractivity contribution in [2.45, 2.75) is 24.3 Å². The molecule has 23 heavy (non-hydrogen) atoms. The summed E-state index contributed by atoms with van der Waals surface area (Å²) in [6, 6.07) is 6.25. The molecule has 1 fully saturated rings. The van der Waals surface area contributed by atoms with Crippen molar-refractivity contribution in [3.05, 3.63) is 18.2 Å². The minimum absolute atomic E-state index is 0. The van der Waals surface area contributed by atoms with Gasteiger partial charge < -0.3 is 19.7 Å². The molecule has 0 spiro atoms. The zero-order valence-corrected chi connectivity index (χ0v) is 14.9. The Balaban J connectivity index is 0.00000192. The summed E-state index contributed by atoms with van der Waals surface area (Å²) in [7, 11) is 0. The molecule has 1 aromatic carbocycles. The summed E-state index contributed by atoms with van der Waals surface area (Å²) in [4.78, 5) is 15.4. The zero-order valence-electron chi connectivity index (χ0n) is 13.2. The highest BCUT2D eigenvalue weighted by atomic mass is 35.5. The van der Waals surface area contributed by atoms with Gasteiger partial charge in [0.25, 0.3) is 0 Å². The molecule has 2 aliphatic rings. The summed E-state index contributed by atoms with van der Waals surface area (Å²) in [6.07, 6.45) is 0.573. The summed E-state index contributed by atoms with van der Waals surface area (Å²) in [6.45, 7) is 5.90. The summed E-state index contributed by atoms with van der Waals surface area (Å²) >= 11 is 1.69. The predicted octanol–water partition coefficient (Wildman–Crippen LogP) is 2.18. The van der Waals surface area contributed by atoms with E-state index in [1.54, 1.807) is 11.8 Å². The minimum atomic E-state index is 0. The molecule has 1 atom stereocenters. The lowest BCUT2D eigenvalue weighted by atomic mass is 10.2. The third kappa shape index (κ3) is 4.68. The lowest BCUT2D eigenvalue weighted by Crippen LogP contribution is -2.52. The standard InChI is InChI=1S/C16H22N2O3S.ClH/c1-12-11-17-5-6-18(12)16(19)4-9-22-13-2-3-14-15(10-13)21-8-7-20-14;/h2-3,10,12,17H,4-9,11H2,1H3;1H/t12-;/m0./s1. The topological polar surface area (TPSA) is 50.8 Å². The van der Waals surface area contributed by atoms with Crippen LogP contribution < -0.4 is 14.8 Å². The number of nitrogens with zero attached hydrogens (tertiary/aromatic N) is 1. The fourth-order valence-electron chi connectivity index (χ4n) is 2.72. The van der Waals surface area contributed by atoms with Gasteiger partial charge in [-0.2, -0.15) is 0 Å². The first kappa shape index (κ1) is 18.2. The Morgan fingerprint density at radius 3 is 2.91 bits per heavy atom. The molecule has 0 unspecified atom stereocenters. The average Bonchev–Trinajstić information content (AvgIpc) is 2.55. The summed E-state index contributed by atoms with van der Waals surface area (Å²) in [5.41, 5.74) is 0. The van der Waals surface area contributed by atoms with Crippen molar-refractivity contribution in [1.29, 1.82) is 0 Å². The van der Waals surface area contributed by atoms with Crippen molar-refractivity contribution in [1.82, 2.24) is 10.2 Å². The number of thioether (sulfide) groups is 1. The minimum Gasteiger partial charge on any atom is -0.486 e. The largest absolute Gasteiger partial charge is 0.486 e. The maximum absolute atomic E-state index is 12.3. The van der Waals surface area contributed by atoms with Crippen LogP contribution in [0.25, 0.3) is 0 Å². The van der Waals surface area contributed by atoms with Gasteiger partial charge in [0.2, 0.25) is 5.91 Å². The van der Waals surface area contributed by atoms with E-state index in [4.69, 9.17) is 9.47 Å². The third-order valence-electron chi connectivity index (χ3n) is 3.92. The van der Waals surface area contributed by atoms with Crippen LogP contribution in [0.4, 0.5) is 0 Å². The Morgan fingerprint density at radius 1 is 1.35 bits per heavy atom. The number of halogens is 1. The van der Waals surface area contributed by atoms with E-state index in [2.05, 4.69) is 12.2 Å². The second-order valence-electron chi connectivity index (χ2n) is 5.54. The van der Waals surface area contributed by atoms with E-state index in [9.17, 15) is 4.79 Å². The number of nitrogens with one attached hydrogen (secondary N) is 1. The lowest BCUT2D eigenvalue weighted by Gasteiger charge is -2.34. The van der Waals surface area contributed by atoms with Crippen LogP contribution in [0.15, 0.2) is 23.1 Å². The van der Waals surface area contributed by atoms with Crippen LogP contribution in [-0.2, 0) is 4.79 Å². The van der Waals surface area contributed by atoms with Gasteiger partial charge in [-0.1, -0.05) is 0 Å². The Kier molecular flexibility index (Phi) is 6.87. The molecule has 2 aliphatic heterocycles. The second kappa shape index (κ2) is 8.66. The summed E-state index contributed by atoms with van der Waals surface area (Å²) < 4.78 is 11.1. The van der Waals surface area contributed by atoms with Crippen LogP contribution >= 0.6 is 24.2 Å². The van der Waals surface area contributed by atoms with Gasteiger partial charge in [0, 0.05) is 42.7 Å². The van der Waals surface area contributed by atoms with Gasteiger partial charge >= 0.3 is 0 Å². The molecule has 7 heteroatoms. The Hall–Kier alpha value is -1.11. The van der Waals surface area contributed by atoms with Crippen LogP contribution in [0.2, 0.25) is 0 Å². The fraction of sp³-hybridized carbons (Fsp3) is 0.562. The predicted molar refractivity (Wildman–Crippen MR) is 94.1 cm³/mol. The number of rotatable bonds is 4. The van der Waals surface area contributed by atoms with E-state index in [0.29, 0.717) is 25.7 Å². The van der Waals surface area contributed by atoms with Gasteiger partial charge in [0.05, 0.1) is 0 Å². The van der Waals surface area contributed by atoms with Crippen molar-refractivity contribution in [2.24, 2.45) is 0 Å². The van der Waals surface area contributed by atoms with Crippen molar-refractivity contribution >= 4 is 30.1 Å². The van der Waals surface area contributed by atoms with Gasteiger partial charge in [-0.25, -0.2) is 0 Å². The monoisotopic (exact) mass is 358 g/mol. The van der Waals surface area contributed by atoms with Crippen LogP contribution in [-0.4, -0.2) is 55.4 Å². The van der Waals surface area contributed by atoms with Crippen molar-refractivity contribution in [2.75, 3.05) is 38.6 Å². The molecule has 2 heterocycles. The number of amides is 1. The summed E-state index contributed by atoms with van der Waals surface area (Å²) in [5, 5.41) is 3.31. The molecule has 0 radical (unpaired) electrons. The molecule has 1 amide bonds. The summed E-state index contributed by atoms with van der Waals surface area (Å²) in [5.74, 6) is 2.65. The normalized spacial score (nSPS) is 19.9. The first-order valence-corrected chi connectivity index (χ1v) is 8.75. The molecule has 0 aliphatic carbocycles. The Labute approximate surface area is 147 Å². The third-order valence-corrected chi connectivity index (χ3v) is 4.92. The maximum atomic E-state index is 12.3. The molecule has 1 N–H and O–H groups in total. The molecular formula is C16H23ClN2O3S. The van der Waals surface area contributed by atoms with Crippen LogP contribution in [0.5, 0.6) is 11.5 Å². The first-order valence-electron chi connectivity index (χ1n) is 7.76. The molecule has 0 bridgehead atoms. The molecular weight excluding hydrogens is 336 g/mol. The highest BCUT2D eigenvalue weighted by molar-refractivity contribution is 7.99. The van der Waals surface area contributed by atoms with Crippen molar-refractivity contribution in [3.8, 4) is 11.5 Å². The lowest BCUT2D eigenvalue weighted by molar-refractivity contribution is -0.133. The van der Waals surface area contributed by atoms with Crippen LogP contribution in [0.3, 0.4) is 0 Å². The number of hydrogen-bond acceptors (Lipinski definition) is 5. The van der Waals surface area contributed by atoms with Gasteiger partial charge in [-0.3, -0.25) is 4.79 Å². The maximum Gasteiger partial charge on any atom is 0.223 e. The van der Waals surface area contributed by atoms with E-state index in [1.165, 1.54) is 0 Å². The zero-order chi connectivity index (χ0) is 15.4. The smallest absolute Gasteiger partial charge is 0.223 e. The SMILES string of the molecule is C[C@H]1CNCCN1C(=O)CCSc1ccc2c(c1)OCCO2.Cl. The molecule has 0 aromatic heterocycles. The highest BCUT2D eigenvalue weighted by Crippen LogP contribution is 2.34. The van der Waals surface area contributed by atoms with Gasteiger partial charge in [0.1, 0.15) is 13.2 Å². The Morgan fingerprint density at radius 2 is 2.13 bits per heavy atom. The first-order chi connectivity index (χ1) is 10.7. The van der Waals surface area contributed by atoms with Crippen LogP contribution in [0.1, 0.15) is 13.3 Å². The molecule has 3 rings (SSSR count). The van der Waals surface area contributed by atoms with Gasteiger partial charge in [-0.15, -0.1) is 24.2 Å². The molecule has 5 nitrogen and oxygen atoms in total. The quantitative estimate of drug-likeness (QED) is 0.836. The Bertz CT molecular complexity index is 544. The van der Waals surface area contributed by atoms with Gasteiger partial charge in [0.15, 0.2) is 11.5 Å². The number of carbonyl (C=O) groups is 1. The van der Waals surface area contributed by atoms with E-state index >= 15 is 0 Å². The molecule has 128 valence electrons. The number of carbonyl (C=O) groups excluding carboxylic acids is 1. The number of piperazine rings is 1. The number of fused-ring (bicyclic) bond motifs is 1. The average molecular weight is 359 g/mol. The van der Waals surface area contributed by atoms with Crippen molar-refractivity contribution < 1.29 is 14.3 Å². The van der Waals surface area contributed by atoms with E-state index < -0.39 is 0 Å². The van der Waals surface area contributed by atoms with Crippen molar-refractivity contribution in [3.63, 3.8) is 0 Å². The number of ether oxygens (including phenoxy) is 2. The number of benzene rings is 1. The molecule has 1 saturated heterocycles. The number of hydrogen-bond donors (Lipinski definition) is 1. The van der Waals surface area contributed by atoms with E-state index in [1.807, 2.05) is 23.1 Å². The van der Waals surface area contributed by atoms with Gasteiger partial charge in [-0.05, 0) is 25.1 Å². The second-order valence-corrected chi connectivity index (χ2v) is 6.71.